The number of rotatable bonds is 6. The van der Waals surface area contributed by atoms with Crippen LogP contribution in [0, 0.1) is 0 Å². The van der Waals surface area contributed by atoms with E-state index < -0.39 is 33.7 Å². The van der Waals surface area contributed by atoms with Crippen molar-refractivity contribution in [3.8, 4) is 0 Å². The summed E-state index contributed by atoms with van der Waals surface area (Å²) in [6.07, 6.45) is -1.93. The fourth-order valence-corrected chi connectivity index (χ4v) is 4.20. The molecule has 0 heterocycles. The predicted molar refractivity (Wildman–Crippen MR) is 105 cm³/mol. The van der Waals surface area contributed by atoms with Crippen LogP contribution in [-0.2, 0) is 21.0 Å². The third-order valence-electron chi connectivity index (χ3n) is 3.85. The van der Waals surface area contributed by atoms with Crippen LogP contribution in [0.4, 0.5) is 24.5 Å². The average molecular weight is 432 g/mol. The molecule has 0 saturated carbocycles. The van der Waals surface area contributed by atoms with Crippen LogP contribution in [0.15, 0.2) is 53.4 Å². The molecule has 152 valence electrons. The zero-order valence-corrected chi connectivity index (χ0v) is 17.0. The van der Waals surface area contributed by atoms with Gasteiger partial charge in [0, 0.05) is 10.6 Å². The Kier molecular flexibility index (Phi) is 6.66. The standard InChI is InChI=1S/C18H19F3N2O3S2/c1-12(17(24)22-14-7-5-9-16(11-14)27-2)23(28(3,25)26)15-8-4-6-13(10-15)18(19,20)21/h4-12H,1-3H3,(H,22,24)/t12-/m0/s1. The molecule has 0 aliphatic rings. The molecular formula is C18H19F3N2O3S2. The number of sulfonamides is 1. The molecule has 1 N–H and O–H groups in total. The van der Waals surface area contributed by atoms with Gasteiger partial charge in [0.25, 0.3) is 0 Å². The number of carbonyl (C=O) groups is 1. The van der Waals surface area contributed by atoms with Crippen LogP contribution < -0.4 is 9.62 Å². The molecule has 2 rings (SSSR count). The molecule has 0 aromatic heterocycles. The van der Waals surface area contributed by atoms with Crippen LogP contribution in [0.5, 0.6) is 0 Å². The summed E-state index contributed by atoms with van der Waals surface area (Å²) in [5, 5.41) is 2.60. The number of alkyl halides is 3. The smallest absolute Gasteiger partial charge is 0.324 e. The van der Waals surface area contributed by atoms with E-state index in [-0.39, 0.29) is 5.69 Å². The van der Waals surface area contributed by atoms with Crippen molar-refractivity contribution >= 4 is 39.1 Å². The van der Waals surface area contributed by atoms with Crippen molar-refractivity contribution in [1.82, 2.24) is 0 Å². The normalized spacial score (nSPS) is 13.1. The number of amides is 1. The molecule has 2 aromatic rings. The van der Waals surface area contributed by atoms with E-state index in [2.05, 4.69) is 5.32 Å². The van der Waals surface area contributed by atoms with Crippen LogP contribution in [0.1, 0.15) is 12.5 Å². The van der Waals surface area contributed by atoms with Crippen molar-refractivity contribution in [3.05, 3.63) is 54.1 Å². The fraction of sp³-hybridized carbons (Fsp3) is 0.278. The Morgan fingerprint density at radius 3 is 2.36 bits per heavy atom. The Morgan fingerprint density at radius 1 is 1.14 bits per heavy atom. The van der Waals surface area contributed by atoms with E-state index in [0.29, 0.717) is 16.1 Å². The summed E-state index contributed by atoms with van der Waals surface area (Å²) in [4.78, 5) is 13.5. The summed E-state index contributed by atoms with van der Waals surface area (Å²) in [5.41, 5.74) is -0.780. The zero-order valence-electron chi connectivity index (χ0n) is 15.3. The number of nitrogens with one attached hydrogen (secondary N) is 1. The van der Waals surface area contributed by atoms with Crippen molar-refractivity contribution < 1.29 is 26.4 Å². The van der Waals surface area contributed by atoms with Gasteiger partial charge in [0.1, 0.15) is 6.04 Å². The first-order valence-electron chi connectivity index (χ1n) is 8.05. The lowest BCUT2D eigenvalue weighted by molar-refractivity contribution is -0.137. The second kappa shape index (κ2) is 8.44. The SMILES string of the molecule is CSc1cccc(NC(=O)[C@H](C)N(c2cccc(C(F)(F)F)c2)S(C)(=O)=O)c1. The Labute approximate surface area is 166 Å². The summed E-state index contributed by atoms with van der Waals surface area (Å²) in [5.74, 6) is -0.666. The second-order valence-electron chi connectivity index (χ2n) is 6.00. The number of hydrogen-bond acceptors (Lipinski definition) is 4. The van der Waals surface area contributed by atoms with Gasteiger partial charge in [-0.05, 0) is 49.6 Å². The lowest BCUT2D eigenvalue weighted by Crippen LogP contribution is -2.45. The Morgan fingerprint density at radius 2 is 1.79 bits per heavy atom. The molecule has 10 heteroatoms. The Hall–Kier alpha value is -2.20. The number of benzene rings is 2. The van der Waals surface area contributed by atoms with Gasteiger partial charge < -0.3 is 5.32 Å². The van der Waals surface area contributed by atoms with E-state index >= 15 is 0 Å². The highest BCUT2D eigenvalue weighted by Gasteiger charge is 2.34. The molecule has 0 aliphatic carbocycles. The van der Waals surface area contributed by atoms with Crippen molar-refractivity contribution in [2.24, 2.45) is 0 Å². The molecule has 5 nitrogen and oxygen atoms in total. The molecule has 1 atom stereocenters. The van der Waals surface area contributed by atoms with Gasteiger partial charge in [-0.1, -0.05) is 12.1 Å². The summed E-state index contributed by atoms with van der Waals surface area (Å²) >= 11 is 1.47. The summed E-state index contributed by atoms with van der Waals surface area (Å²) < 4.78 is 64.2. The number of halogens is 3. The van der Waals surface area contributed by atoms with Gasteiger partial charge >= 0.3 is 6.18 Å². The Balaban J connectivity index is 2.36. The first kappa shape index (κ1) is 22.1. The number of nitrogens with zero attached hydrogens (tertiary/aromatic N) is 1. The van der Waals surface area contributed by atoms with E-state index in [1.807, 2.05) is 12.3 Å². The summed E-state index contributed by atoms with van der Waals surface area (Å²) in [7, 11) is -4.03. The van der Waals surface area contributed by atoms with Crippen LogP contribution >= 0.6 is 11.8 Å². The van der Waals surface area contributed by atoms with Gasteiger partial charge in [-0.2, -0.15) is 13.2 Å². The van der Waals surface area contributed by atoms with Crippen molar-refractivity contribution in [2.75, 3.05) is 22.1 Å². The fourth-order valence-electron chi connectivity index (χ4n) is 2.58. The van der Waals surface area contributed by atoms with Gasteiger partial charge in [0.05, 0.1) is 17.5 Å². The first-order chi connectivity index (χ1) is 12.9. The molecule has 0 spiro atoms. The molecule has 2 aromatic carbocycles. The highest BCUT2D eigenvalue weighted by molar-refractivity contribution is 7.98. The molecule has 28 heavy (non-hydrogen) atoms. The Bertz CT molecular complexity index is 963. The minimum Gasteiger partial charge on any atom is -0.324 e. The molecule has 0 fully saturated rings. The van der Waals surface area contributed by atoms with Crippen LogP contribution in [0.2, 0.25) is 0 Å². The van der Waals surface area contributed by atoms with Gasteiger partial charge in [-0.15, -0.1) is 11.8 Å². The van der Waals surface area contributed by atoms with E-state index in [9.17, 15) is 26.4 Å². The topological polar surface area (TPSA) is 66.5 Å². The number of carbonyl (C=O) groups excluding carboxylic acids is 1. The number of anilines is 2. The van der Waals surface area contributed by atoms with Crippen LogP contribution in [0.25, 0.3) is 0 Å². The second-order valence-corrected chi connectivity index (χ2v) is 8.74. The van der Waals surface area contributed by atoms with Gasteiger partial charge in [-0.25, -0.2) is 8.42 Å². The summed E-state index contributed by atoms with van der Waals surface area (Å²) in [6.45, 7) is 1.31. The minimum atomic E-state index is -4.64. The molecule has 1 amide bonds. The van der Waals surface area contributed by atoms with E-state index in [1.54, 1.807) is 18.2 Å². The molecule has 0 unspecified atom stereocenters. The zero-order chi connectivity index (χ0) is 21.1. The number of hydrogen-bond donors (Lipinski definition) is 1. The maximum atomic E-state index is 13.0. The van der Waals surface area contributed by atoms with Gasteiger partial charge in [0.15, 0.2) is 0 Å². The number of thioether (sulfide) groups is 1. The van der Waals surface area contributed by atoms with Crippen molar-refractivity contribution in [1.29, 1.82) is 0 Å². The van der Waals surface area contributed by atoms with Crippen molar-refractivity contribution in [2.45, 2.75) is 24.0 Å². The van der Waals surface area contributed by atoms with Gasteiger partial charge in [0.2, 0.25) is 15.9 Å². The third kappa shape index (κ3) is 5.41. The van der Waals surface area contributed by atoms with E-state index in [4.69, 9.17) is 0 Å². The predicted octanol–water partition coefficient (Wildman–Crippen LogP) is 4.22. The maximum absolute atomic E-state index is 13.0. The molecular weight excluding hydrogens is 413 g/mol. The molecule has 0 aliphatic heterocycles. The molecule has 0 radical (unpaired) electrons. The quantitative estimate of drug-likeness (QED) is 0.694. The first-order valence-corrected chi connectivity index (χ1v) is 11.1. The highest BCUT2D eigenvalue weighted by atomic mass is 32.2. The molecule has 0 saturated heterocycles. The lowest BCUT2D eigenvalue weighted by Gasteiger charge is -2.28. The lowest BCUT2D eigenvalue weighted by atomic mass is 10.1. The van der Waals surface area contributed by atoms with Crippen LogP contribution in [0.3, 0.4) is 0 Å². The summed E-state index contributed by atoms with van der Waals surface area (Å²) in [6, 6.07) is 9.52. The van der Waals surface area contributed by atoms with Crippen molar-refractivity contribution in [3.63, 3.8) is 0 Å². The third-order valence-corrected chi connectivity index (χ3v) is 5.82. The highest BCUT2D eigenvalue weighted by Crippen LogP contribution is 2.33. The average Bonchev–Trinajstić information content (AvgIpc) is 2.60. The monoisotopic (exact) mass is 432 g/mol. The molecule has 0 bridgehead atoms. The van der Waals surface area contributed by atoms with E-state index in [1.165, 1.54) is 24.8 Å². The minimum absolute atomic E-state index is 0.238. The van der Waals surface area contributed by atoms with Gasteiger partial charge in [-0.3, -0.25) is 9.10 Å². The van der Waals surface area contributed by atoms with E-state index in [0.717, 1.165) is 23.3 Å². The largest absolute Gasteiger partial charge is 0.416 e. The van der Waals surface area contributed by atoms with Crippen LogP contribution in [-0.4, -0.2) is 32.9 Å². The maximum Gasteiger partial charge on any atom is 0.416 e.